The van der Waals surface area contributed by atoms with Gasteiger partial charge >= 0.3 is 12.1 Å². The van der Waals surface area contributed by atoms with E-state index in [-0.39, 0.29) is 17.9 Å². The van der Waals surface area contributed by atoms with Gasteiger partial charge in [0, 0.05) is 25.0 Å². The lowest BCUT2D eigenvalue weighted by atomic mass is 10.3. The molecule has 0 saturated heterocycles. The number of aliphatic carboxylic acids is 1. The SMILES string of the molecule is C=CCN(CC(=O)O)c1nccn2nc(C(F)(F)F)cc12. The van der Waals surface area contributed by atoms with Gasteiger partial charge in [0.2, 0.25) is 0 Å². The van der Waals surface area contributed by atoms with Crippen LogP contribution in [0.3, 0.4) is 0 Å². The van der Waals surface area contributed by atoms with E-state index in [2.05, 4.69) is 16.7 Å². The van der Waals surface area contributed by atoms with Gasteiger partial charge in [0.05, 0.1) is 0 Å². The van der Waals surface area contributed by atoms with Crippen LogP contribution in [0.5, 0.6) is 0 Å². The number of carboxylic acids is 1. The van der Waals surface area contributed by atoms with Gasteiger partial charge < -0.3 is 10.0 Å². The highest BCUT2D eigenvalue weighted by Gasteiger charge is 2.34. The van der Waals surface area contributed by atoms with Gasteiger partial charge in [-0.05, 0) is 0 Å². The quantitative estimate of drug-likeness (QED) is 0.853. The zero-order chi connectivity index (χ0) is 15.6. The first-order valence-corrected chi connectivity index (χ1v) is 5.82. The van der Waals surface area contributed by atoms with E-state index in [0.717, 1.165) is 10.6 Å². The molecule has 0 amide bonds. The fraction of sp³-hybridized carbons (Fsp3) is 0.250. The molecule has 0 unspecified atom stereocenters. The predicted molar refractivity (Wildman–Crippen MR) is 68.0 cm³/mol. The minimum Gasteiger partial charge on any atom is -0.480 e. The Morgan fingerprint density at radius 1 is 1.52 bits per heavy atom. The first-order valence-electron chi connectivity index (χ1n) is 5.82. The number of nitrogens with zero attached hydrogens (tertiary/aromatic N) is 4. The topological polar surface area (TPSA) is 70.7 Å². The summed E-state index contributed by atoms with van der Waals surface area (Å²) in [4.78, 5) is 16.1. The third kappa shape index (κ3) is 3.12. The van der Waals surface area contributed by atoms with Crippen molar-refractivity contribution in [2.45, 2.75) is 6.18 Å². The van der Waals surface area contributed by atoms with E-state index in [9.17, 15) is 18.0 Å². The summed E-state index contributed by atoms with van der Waals surface area (Å²) in [7, 11) is 0. The Balaban J connectivity index is 2.54. The number of alkyl halides is 3. The maximum atomic E-state index is 12.7. The molecule has 0 atom stereocenters. The molecule has 0 bridgehead atoms. The number of rotatable bonds is 5. The molecule has 1 N–H and O–H groups in total. The summed E-state index contributed by atoms with van der Waals surface area (Å²) < 4.78 is 39.1. The Kier molecular flexibility index (Phi) is 3.83. The maximum absolute atomic E-state index is 12.7. The van der Waals surface area contributed by atoms with Gasteiger partial charge in [0.1, 0.15) is 12.1 Å². The molecule has 2 rings (SSSR count). The number of carbonyl (C=O) groups is 1. The van der Waals surface area contributed by atoms with Gasteiger partial charge in [-0.1, -0.05) is 6.08 Å². The van der Waals surface area contributed by atoms with Gasteiger partial charge in [-0.2, -0.15) is 18.3 Å². The third-order valence-electron chi connectivity index (χ3n) is 2.64. The van der Waals surface area contributed by atoms with E-state index in [1.165, 1.54) is 23.4 Å². The molecule has 21 heavy (non-hydrogen) atoms. The van der Waals surface area contributed by atoms with Crippen molar-refractivity contribution < 1.29 is 23.1 Å². The second kappa shape index (κ2) is 5.43. The molecule has 0 radical (unpaired) electrons. The molecule has 2 heterocycles. The minimum absolute atomic E-state index is 0.0768. The highest BCUT2D eigenvalue weighted by molar-refractivity contribution is 5.77. The largest absolute Gasteiger partial charge is 0.480 e. The Labute approximate surface area is 117 Å². The van der Waals surface area contributed by atoms with Crippen LogP contribution < -0.4 is 4.90 Å². The zero-order valence-corrected chi connectivity index (χ0v) is 10.7. The lowest BCUT2D eigenvalue weighted by molar-refractivity contribution is -0.141. The van der Waals surface area contributed by atoms with Crippen LogP contribution in [0.2, 0.25) is 0 Å². The lowest BCUT2D eigenvalue weighted by Gasteiger charge is -2.20. The molecule has 0 fully saturated rings. The third-order valence-corrected chi connectivity index (χ3v) is 2.64. The highest BCUT2D eigenvalue weighted by Crippen LogP contribution is 2.30. The van der Waals surface area contributed by atoms with Crippen LogP contribution in [0.25, 0.3) is 5.52 Å². The normalized spacial score (nSPS) is 11.6. The van der Waals surface area contributed by atoms with E-state index >= 15 is 0 Å². The van der Waals surface area contributed by atoms with Gasteiger partial charge in [-0.15, -0.1) is 6.58 Å². The van der Waals surface area contributed by atoms with Gasteiger partial charge in [0.25, 0.3) is 0 Å². The Bertz CT molecular complexity index is 681. The van der Waals surface area contributed by atoms with Crippen molar-refractivity contribution in [3.63, 3.8) is 0 Å². The monoisotopic (exact) mass is 300 g/mol. The van der Waals surface area contributed by atoms with Crippen LogP contribution in [0.4, 0.5) is 19.0 Å². The van der Waals surface area contributed by atoms with Crippen molar-refractivity contribution in [1.29, 1.82) is 0 Å². The predicted octanol–water partition coefficient (Wildman–Crippen LogP) is 1.83. The van der Waals surface area contributed by atoms with Crippen molar-refractivity contribution in [2.24, 2.45) is 0 Å². The molecule has 9 heteroatoms. The summed E-state index contributed by atoms with van der Waals surface area (Å²) in [5.41, 5.74) is -0.987. The molecule has 0 saturated carbocycles. The fourth-order valence-corrected chi connectivity index (χ4v) is 1.84. The molecule has 0 aromatic carbocycles. The second-order valence-electron chi connectivity index (χ2n) is 4.17. The molecule has 0 aliphatic carbocycles. The average molecular weight is 300 g/mol. The zero-order valence-electron chi connectivity index (χ0n) is 10.7. The Morgan fingerprint density at radius 2 is 2.24 bits per heavy atom. The van der Waals surface area contributed by atoms with Crippen LogP contribution in [-0.2, 0) is 11.0 Å². The molecule has 6 nitrogen and oxygen atoms in total. The van der Waals surface area contributed by atoms with Crippen LogP contribution in [0.15, 0.2) is 31.1 Å². The first kappa shape index (κ1) is 14.8. The molecule has 0 spiro atoms. The number of carboxylic acid groups (broad SMARTS) is 1. The van der Waals surface area contributed by atoms with E-state index in [1.54, 1.807) is 0 Å². The number of halogens is 3. The number of anilines is 1. The average Bonchev–Trinajstić information content (AvgIpc) is 2.81. The van der Waals surface area contributed by atoms with Crippen molar-refractivity contribution in [3.05, 3.63) is 36.8 Å². The van der Waals surface area contributed by atoms with E-state index < -0.39 is 24.4 Å². The van der Waals surface area contributed by atoms with Crippen LogP contribution in [-0.4, -0.2) is 38.8 Å². The molecular formula is C12H11F3N4O2. The Hall–Kier alpha value is -2.58. The highest BCUT2D eigenvalue weighted by atomic mass is 19.4. The minimum atomic E-state index is -4.58. The summed E-state index contributed by atoms with van der Waals surface area (Å²) in [6.07, 6.45) is -0.622. The van der Waals surface area contributed by atoms with Crippen LogP contribution in [0, 0.1) is 0 Å². The number of fused-ring (bicyclic) bond motifs is 1. The van der Waals surface area contributed by atoms with Crippen LogP contribution >= 0.6 is 0 Å². The summed E-state index contributed by atoms with van der Waals surface area (Å²) in [6, 6.07) is 0.834. The smallest absolute Gasteiger partial charge is 0.435 e. The summed E-state index contributed by atoms with van der Waals surface area (Å²) in [5.74, 6) is -1.03. The first-order chi connectivity index (χ1) is 9.82. The van der Waals surface area contributed by atoms with Crippen molar-refractivity contribution in [1.82, 2.24) is 14.6 Å². The van der Waals surface area contributed by atoms with E-state index in [1.807, 2.05) is 0 Å². The fourth-order valence-electron chi connectivity index (χ4n) is 1.84. The Morgan fingerprint density at radius 3 is 2.81 bits per heavy atom. The van der Waals surface area contributed by atoms with Gasteiger partial charge in [-0.25, -0.2) is 9.50 Å². The lowest BCUT2D eigenvalue weighted by Crippen LogP contribution is -2.30. The van der Waals surface area contributed by atoms with E-state index in [4.69, 9.17) is 5.11 Å². The van der Waals surface area contributed by atoms with Gasteiger partial charge in [-0.3, -0.25) is 4.79 Å². The number of hydrogen-bond acceptors (Lipinski definition) is 4. The van der Waals surface area contributed by atoms with Crippen molar-refractivity contribution in [2.75, 3.05) is 18.0 Å². The maximum Gasteiger partial charge on any atom is 0.435 e. The van der Waals surface area contributed by atoms with Crippen molar-refractivity contribution >= 4 is 17.3 Å². The standard InChI is InChI=1S/C12H11F3N4O2/c1-2-4-18(7-10(20)21)11-8-6-9(12(13,14)15)17-19(8)5-3-16-11/h2-3,5-6H,1,4,7H2,(H,20,21). The molecule has 0 aliphatic rings. The van der Waals surface area contributed by atoms with Gasteiger partial charge in [0.15, 0.2) is 11.5 Å². The number of aromatic nitrogens is 3. The number of hydrogen-bond donors (Lipinski definition) is 1. The van der Waals surface area contributed by atoms with E-state index in [0.29, 0.717) is 0 Å². The molecular weight excluding hydrogens is 289 g/mol. The summed E-state index contributed by atoms with van der Waals surface area (Å²) in [6.45, 7) is 3.21. The summed E-state index contributed by atoms with van der Waals surface area (Å²) in [5, 5.41) is 12.3. The summed E-state index contributed by atoms with van der Waals surface area (Å²) >= 11 is 0. The molecule has 0 aliphatic heterocycles. The second-order valence-corrected chi connectivity index (χ2v) is 4.17. The van der Waals surface area contributed by atoms with Crippen LogP contribution in [0.1, 0.15) is 5.69 Å². The molecule has 2 aromatic heterocycles. The van der Waals surface area contributed by atoms with Crippen molar-refractivity contribution in [3.8, 4) is 0 Å². The molecule has 2 aromatic rings. The molecule has 112 valence electrons.